The van der Waals surface area contributed by atoms with Gasteiger partial charge >= 0.3 is 0 Å². The summed E-state index contributed by atoms with van der Waals surface area (Å²) in [6.45, 7) is 6.60. The number of rotatable bonds is 24. The summed E-state index contributed by atoms with van der Waals surface area (Å²) in [5.41, 5.74) is 3.40. The van der Waals surface area contributed by atoms with Crippen molar-refractivity contribution in [1.82, 2.24) is 59.4 Å². The van der Waals surface area contributed by atoms with Crippen LogP contribution >= 0.6 is 0 Å². The van der Waals surface area contributed by atoms with E-state index < -0.39 is 53.9 Å². The molecule has 6 aromatic heterocycles. The van der Waals surface area contributed by atoms with E-state index in [4.69, 9.17) is 47.4 Å². The topological polar surface area (TPSA) is 299 Å². The van der Waals surface area contributed by atoms with Gasteiger partial charge in [-0.25, -0.2) is 36.8 Å². The lowest BCUT2D eigenvalue weighted by molar-refractivity contribution is 0.0952. The maximum Gasteiger partial charge on any atom is 0.238 e. The number of sulfone groups is 2. The van der Waals surface area contributed by atoms with Crippen molar-refractivity contribution in [3.8, 4) is 80.9 Å². The Morgan fingerprint density at radius 2 is 0.780 bits per heavy atom. The lowest BCUT2D eigenvalue weighted by Gasteiger charge is -2.23. The highest BCUT2D eigenvalue weighted by Crippen LogP contribution is 2.40. The monoisotopic (exact) mass is 1170 g/mol. The van der Waals surface area contributed by atoms with Crippen LogP contribution in [-0.2, 0) is 40.7 Å². The number of pyridine rings is 2. The molecule has 0 bridgehead atoms. The minimum atomic E-state index is -3.96. The molecule has 0 fully saturated rings. The van der Waals surface area contributed by atoms with Crippen molar-refractivity contribution in [2.45, 2.75) is 61.9 Å². The smallest absolute Gasteiger partial charge is 0.238 e. The van der Waals surface area contributed by atoms with Gasteiger partial charge in [-0.1, -0.05) is 24.3 Å². The van der Waals surface area contributed by atoms with E-state index in [2.05, 4.69) is 50.3 Å². The van der Waals surface area contributed by atoms with Gasteiger partial charge in [-0.05, 0) is 64.1 Å². The van der Waals surface area contributed by atoms with Crippen molar-refractivity contribution in [3.05, 3.63) is 120 Å². The lowest BCUT2D eigenvalue weighted by atomic mass is 10.2. The molecule has 0 aliphatic heterocycles. The summed E-state index contributed by atoms with van der Waals surface area (Å²) in [7, 11) is 6.80. The molecule has 2 aromatic carbocycles. The molecular formula is C54H64N12O14S2. The predicted molar refractivity (Wildman–Crippen MR) is 299 cm³/mol. The van der Waals surface area contributed by atoms with Gasteiger partial charge in [0.2, 0.25) is 23.5 Å². The Morgan fingerprint density at radius 3 is 1.09 bits per heavy atom. The Bertz CT molecular complexity index is 3450. The van der Waals surface area contributed by atoms with E-state index in [1.807, 2.05) is 0 Å². The molecule has 0 amide bonds. The molecular weight excluding hydrogens is 1100 g/mol. The average Bonchev–Trinajstić information content (AvgIpc) is 4.32. The van der Waals surface area contributed by atoms with Crippen LogP contribution in [0.5, 0.6) is 46.5 Å². The summed E-state index contributed by atoms with van der Waals surface area (Å²) >= 11 is 0. The van der Waals surface area contributed by atoms with Gasteiger partial charge in [0.15, 0.2) is 43.0 Å². The van der Waals surface area contributed by atoms with Crippen molar-refractivity contribution in [2.75, 3.05) is 71.1 Å². The van der Waals surface area contributed by atoms with Crippen LogP contribution in [0, 0.1) is 13.8 Å². The van der Waals surface area contributed by atoms with E-state index in [9.17, 15) is 16.8 Å². The second kappa shape index (κ2) is 26.8. The molecule has 4 atom stereocenters. The highest BCUT2D eigenvalue weighted by molar-refractivity contribution is 7.91. The Balaban J connectivity index is 0.000000236. The number of hydrogen-bond acceptors (Lipinski definition) is 24. The third kappa shape index (κ3) is 12.9. The number of methoxy groups -OCH3 is 10. The third-order valence-corrected chi connectivity index (χ3v) is 17.0. The SMILES string of the molecule is COc1cccc(-c2nnc(CS(=O)(=O)[C@@H](C)[C@H](OC)c3ncc(C)nc3OC)n2-c2c(OC)cccc2OC)n1.COc1cccc(-c2nnc(CS(=O)(=O)[C@H](C)[C@@H](OC)c3ncc(C)nc3OC)n2-c2c(OC)cccc2OC)n1. The quantitative estimate of drug-likeness (QED) is 0.0640. The van der Waals surface area contributed by atoms with Gasteiger partial charge in [0, 0.05) is 38.7 Å². The molecule has 28 heteroatoms. The molecule has 0 aliphatic rings. The van der Waals surface area contributed by atoms with Crippen molar-refractivity contribution < 1.29 is 64.2 Å². The van der Waals surface area contributed by atoms with E-state index in [-0.39, 0.29) is 46.4 Å². The number of aromatic nitrogens is 12. The maximum atomic E-state index is 13.9. The third-order valence-electron chi connectivity index (χ3n) is 12.9. The fourth-order valence-corrected chi connectivity index (χ4v) is 11.6. The molecule has 8 rings (SSSR count). The Morgan fingerprint density at radius 1 is 0.439 bits per heavy atom. The van der Waals surface area contributed by atoms with Crippen LogP contribution in [0.3, 0.4) is 0 Å². The summed E-state index contributed by atoms with van der Waals surface area (Å²) in [6, 6.07) is 20.7. The fraction of sp³-hybridized carbons (Fsp3) is 0.370. The number of aryl methyl sites for hydroxylation is 2. The molecule has 26 nitrogen and oxygen atoms in total. The highest BCUT2D eigenvalue weighted by Gasteiger charge is 2.39. The molecule has 0 spiro atoms. The first-order valence-electron chi connectivity index (χ1n) is 25.0. The summed E-state index contributed by atoms with van der Waals surface area (Å²) in [6.07, 6.45) is 1.11. The molecule has 436 valence electrons. The molecule has 82 heavy (non-hydrogen) atoms. The van der Waals surface area contributed by atoms with Gasteiger partial charge in [-0.15, -0.1) is 20.4 Å². The second-order valence-corrected chi connectivity index (χ2v) is 22.6. The summed E-state index contributed by atoms with van der Waals surface area (Å²) in [4.78, 5) is 26.4. The minimum Gasteiger partial charge on any atom is -0.494 e. The number of para-hydroxylation sites is 2. The van der Waals surface area contributed by atoms with E-state index in [1.165, 1.54) is 83.5 Å². The molecule has 0 N–H and O–H groups in total. The molecule has 0 saturated carbocycles. The fourth-order valence-electron chi connectivity index (χ4n) is 8.70. The van der Waals surface area contributed by atoms with Crippen LogP contribution in [0.2, 0.25) is 0 Å². The van der Waals surface area contributed by atoms with Crippen LogP contribution < -0.4 is 37.9 Å². The van der Waals surface area contributed by atoms with Gasteiger partial charge < -0.3 is 47.4 Å². The van der Waals surface area contributed by atoms with Crippen molar-refractivity contribution in [2.24, 2.45) is 0 Å². The number of nitrogens with zero attached hydrogens (tertiary/aromatic N) is 12. The first-order valence-corrected chi connectivity index (χ1v) is 28.4. The van der Waals surface area contributed by atoms with Crippen LogP contribution in [0.4, 0.5) is 0 Å². The second-order valence-electron chi connectivity index (χ2n) is 17.9. The van der Waals surface area contributed by atoms with Crippen molar-refractivity contribution in [1.29, 1.82) is 0 Å². The van der Waals surface area contributed by atoms with Crippen LogP contribution in [-0.4, -0.2) is 158 Å². The first-order chi connectivity index (χ1) is 39.4. The number of benzene rings is 2. The van der Waals surface area contributed by atoms with Crippen molar-refractivity contribution in [3.63, 3.8) is 0 Å². The molecule has 0 radical (unpaired) electrons. The summed E-state index contributed by atoms with van der Waals surface area (Å²) in [5.74, 6) is 2.45. The van der Waals surface area contributed by atoms with E-state index >= 15 is 0 Å². The lowest BCUT2D eigenvalue weighted by Crippen LogP contribution is -2.30. The van der Waals surface area contributed by atoms with E-state index in [0.29, 0.717) is 68.9 Å². The Kier molecular flexibility index (Phi) is 19.9. The molecule has 0 saturated heterocycles. The minimum absolute atomic E-state index is 0.107. The Hall–Kier alpha value is -8.60. The summed E-state index contributed by atoms with van der Waals surface area (Å²) < 4.78 is 114. The van der Waals surface area contributed by atoms with Gasteiger partial charge in [0.05, 0.1) is 78.8 Å². The average molecular weight is 1170 g/mol. The van der Waals surface area contributed by atoms with Crippen molar-refractivity contribution >= 4 is 19.7 Å². The zero-order valence-corrected chi connectivity index (χ0v) is 49.3. The largest absolute Gasteiger partial charge is 0.494 e. The molecule has 8 aromatic rings. The zero-order valence-electron chi connectivity index (χ0n) is 47.7. The number of ether oxygens (including phenoxy) is 10. The zero-order chi connectivity index (χ0) is 59.5. The molecule has 6 heterocycles. The Labute approximate surface area is 474 Å². The van der Waals surface area contributed by atoms with Crippen LogP contribution in [0.1, 0.15) is 60.5 Å². The van der Waals surface area contributed by atoms with Crippen LogP contribution in [0.15, 0.2) is 85.2 Å². The highest BCUT2D eigenvalue weighted by atomic mass is 32.2. The number of hydrogen-bond donors (Lipinski definition) is 0. The first kappa shape index (κ1) is 61.0. The van der Waals surface area contributed by atoms with Gasteiger partial charge in [0.1, 0.15) is 80.9 Å². The van der Waals surface area contributed by atoms with E-state index in [1.54, 1.807) is 110 Å². The van der Waals surface area contributed by atoms with Gasteiger partial charge in [-0.2, -0.15) is 0 Å². The summed E-state index contributed by atoms with van der Waals surface area (Å²) in [5, 5.41) is 15.1. The molecule has 0 aliphatic carbocycles. The van der Waals surface area contributed by atoms with E-state index in [0.717, 1.165) is 0 Å². The molecule has 0 unspecified atom stereocenters. The van der Waals surface area contributed by atoms with Gasteiger partial charge in [-0.3, -0.25) is 19.1 Å². The van der Waals surface area contributed by atoms with Crippen LogP contribution in [0.25, 0.3) is 34.4 Å². The normalized spacial score (nSPS) is 13.0. The van der Waals surface area contributed by atoms with Gasteiger partial charge in [0.25, 0.3) is 0 Å². The standard InChI is InChI=1S/2C27H32N6O7S/c2*1-16-14-28-23(27(29-16)40-7)25(39-6)17(2)41(34,35)15-21-31-32-26(18-10-8-13-22(30-18)38-5)33(21)24-19(36-3)11-9-12-20(24)37-4/h2*8-14,17,25H,15H2,1-7H3/t2*17-,25-/m10/s1. The predicted octanol–water partition coefficient (Wildman–Crippen LogP) is 6.31. The maximum absolute atomic E-state index is 13.9.